The van der Waals surface area contributed by atoms with Crippen LogP contribution in [0.5, 0.6) is 0 Å². The van der Waals surface area contributed by atoms with Gasteiger partial charge in [0, 0.05) is 11.6 Å². The topological polar surface area (TPSA) is 59.6 Å². The molecule has 0 aliphatic heterocycles. The molecule has 0 aliphatic carbocycles. The van der Waals surface area contributed by atoms with E-state index in [2.05, 4.69) is 5.32 Å². The van der Waals surface area contributed by atoms with Gasteiger partial charge in [-0.3, -0.25) is 0 Å². The largest absolute Gasteiger partial charge is 0.352 e. The molecule has 0 spiro atoms. The molecule has 0 fully saturated rings. The van der Waals surface area contributed by atoms with Crippen LogP contribution < -0.4 is 5.32 Å². The fraction of sp³-hybridized carbons (Fsp3) is 0.0667. The minimum absolute atomic E-state index is 0.0270. The Morgan fingerprint density at radius 2 is 1.71 bits per heavy atom. The van der Waals surface area contributed by atoms with E-state index in [1.54, 1.807) is 6.07 Å². The van der Waals surface area contributed by atoms with E-state index in [1.807, 2.05) is 6.07 Å². The molecular weight excluding hydrogens is 279 g/mol. The first-order valence-electron chi connectivity index (χ1n) is 5.84. The lowest BCUT2D eigenvalue weighted by atomic mass is 10.1. The summed E-state index contributed by atoms with van der Waals surface area (Å²) in [6.45, 7) is 1.12. The molecule has 0 amide bonds. The molecule has 0 atom stereocenters. The average molecular weight is 287 g/mol. The van der Waals surface area contributed by atoms with Crippen LogP contribution in [0.4, 0.5) is 24.5 Å². The Labute approximate surface area is 118 Å². The lowest BCUT2D eigenvalue weighted by Gasteiger charge is -2.12. The SMILES string of the molecule is Cc1c(F)cc(Nc2cccc(C#N)c2C#N)c(F)c1F. The van der Waals surface area contributed by atoms with E-state index < -0.39 is 28.7 Å². The zero-order valence-electron chi connectivity index (χ0n) is 10.8. The predicted octanol–water partition coefficient (Wildman–Crippen LogP) is 3.90. The van der Waals surface area contributed by atoms with Crippen molar-refractivity contribution >= 4 is 11.4 Å². The first kappa shape index (κ1) is 14.4. The van der Waals surface area contributed by atoms with Gasteiger partial charge >= 0.3 is 0 Å². The summed E-state index contributed by atoms with van der Waals surface area (Å²) in [5.74, 6) is -3.46. The minimum Gasteiger partial charge on any atom is -0.352 e. The Bertz CT molecular complexity index is 801. The summed E-state index contributed by atoms with van der Waals surface area (Å²) in [5, 5.41) is 20.4. The maximum atomic E-state index is 13.8. The minimum atomic E-state index is -1.30. The number of hydrogen-bond acceptors (Lipinski definition) is 3. The van der Waals surface area contributed by atoms with Gasteiger partial charge in [-0.05, 0) is 19.1 Å². The molecule has 104 valence electrons. The summed E-state index contributed by atoms with van der Waals surface area (Å²) in [6.07, 6.45) is 0. The molecule has 0 aromatic heterocycles. The van der Waals surface area contributed by atoms with Crippen LogP contribution in [0, 0.1) is 47.0 Å². The van der Waals surface area contributed by atoms with Crippen molar-refractivity contribution in [3.8, 4) is 12.1 Å². The van der Waals surface area contributed by atoms with Gasteiger partial charge in [0.1, 0.15) is 18.0 Å². The third kappa shape index (κ3) is 2.52. The third-order valence-electron chi connectivity index (χ3n) is 2.95. The fourth-order valence-corrected chi connectivity index (χ4v) is 1.79. The Morgan fingerprint density at radius 3 is 2.33 bits per heavy atom. The van der Waals surface area contributed by atoms with Crippen molar-refractivity contribution in [3.05, 3.63) is 58.4 Å². The molecule has 1 N–H and O–H groups in total. The highest BCUT2D eigenvalue weighted by molar-refractivity contribution is 5.70. The summed E-state index contributed by atoms with van der Waals surface area (Å²) in [6, 6.07) is 8.71. The summed E-state index contributed by atoms with van der Waals surface area (Å²) in [4.78, 5) is 0. The van der Waals surface area contributed by atoms with Crippen LogP contribution in [0.3, 0.4) is 0 Å². The molecule has 0 aliphatic rings. The third-order valence-corrected chi connectivity index (χ3v) is 2.95. The highest BCUT2D eigenvalue weighted by atomic mass is 19.2. The van der Waals surface area contributed by atoms with Crippen LogP contribution in [0.15, 0.2) is 24.3 Å². The second-order valence-corrected chi connectivity index (χ2v) is 4.24. The van der Waals surface area contributed by atoms with Crippen molar-refractivity contribution in [2.24, 2.45) is 0 Å². The molecule has 6 heteroatoms. The molecule has 0 radical (unpaired) electrons. The Balaban J connectivity index is 2.55. The highest BCUT2D eigenvalue weighted by Gasteiger charge is 2.17. The predicted molar refractivity (Wildman–Crippen MR) is 70.2 cm³/mol. The molecule has 0 unspecified atom stereocenters. The lowest BCUT2D eigenvalue weighted by Crippen LogP contribution is -2.03. The standard InChI is InChI=1S/C15H8F3N3/c1-8-11(16)5-13(15(18)14(8)17)21-12-4-2-3-9(6-19)10(12)7-20/h2-5,21H,1H3. The van der Waals surface area contributed by atoms with Crippen molar-refractivity contribution < 1.29 is 13.2 Å². The van der Waals surface area contributed by atoms with Gasteiger partial charge in [-0.15, -0.1) is 0 Å². The van der Waals surface area contributed by atoms with E-state index in [0.717, 1.165) is 13.0 Å². The quantitative estimate of drug-likeness (QED) is 0.852. The smallest absolute Gasteiger partial charge is 0.182 e. The maximum absolute atomic E-state index is 13.8. The Kier molecular flexibility index (Phi) is 3.82. The van der Waals surface area contributed by atoms with Crippen LogP contribution in [-0.4, -0.2) is 0 Å². The van der Waals surface area contributed by atoms with Crippen molar-refractivity contribution in [3.63, 3.8) is 0 Å². The molecule has 0 bridgehead atoms. The lowest BCUT2D eigenvalue weighted by molar-refractivity contribution is 0.489. The summed E-state index contributed by atoms with van der Waals surface area (Å²) in [7, 11) is 0. The summed E-state index contributed by atoms with van der Waals surface area (Å²) >= 11 is 0. The Hall–Kier alpha value is -2.99. The zero-order valence-corrected chi connectivity index (χ0v) is 10.8. The number of halogens is 3. The number of hydrogen-bond donors (Lipinski definition) is 1. The van der Waals surface area contributed by atoms with E-state index in [9.17, 15) is 13.2 Å². The number of benzene rings is 2. The van der Waals surface area contributed by atoms with E-state index in [0.29, 0.717) is 0 Å². The number of nitriles is 2. The van der Waals surface area contributed by atoms with Crippen molar-refractivity contribution in [1.82, 2.24) is 0 Å². The number of nitrogens with zero attached hydrogens (tertiary/aromatic N) is 2. The first-order valence-corrected chi connectivity index (χ1v) is 5.84. The normalized spacial score (nSPS) is 9.81. The molecule has 3 nitrogen and oxygen atoms in total. The summed E-state index contributed by atoms with van der Waals surface area (Å²) < 4.78 is 40.8. The van der Waals surface area contributed by atoms with Gasteiger partial charge < -0.3 is 5.32 Å². The summed E-state index contributed by atoms with van der Waals surface area (Å²) in [5.41, 5.74) is -0.721. The van der Waals surface area contributed by atoms with Gasteiger partial charge in [-0.25, -0.2) is 13.2 Å². The van der Waals surface area contributed by atoms with Crippen molar-refractivity contribution in [2.45, 2.75) is 6.92 Å². The zero-order chi connectivity index (χ0) is 15.6. The second-order valence-electron chi connectivity index (χ2n) is 4.24. The molecule has 2 aromatic rings. The van der Waals surface area contributed by atoms with Gasteiger partial charge in [-0.2, -0.15) is 10.5 Å². The van der Waals surface area contributed by atoms with Crippen LogP contribution in [0.25, 0.3) is 0 Å². The van der Waals surface area contributed by atoms with Gasteiger partial charge in [0.05, 0.1) is 22.5 Å². The average Bonchev–Trinajstić information content (AvgIpc) is 2.50. The number of rotatable bonds is 2. The van der Waals surface area contributed by atoms with Crippen LogP contribution in [0.2, 0.25) is 0 Å². The molecule has 0 heterocycles. The molecule has 2 aromatic carbocycles. The number of anilines is 2. The fourth-order valence-electron chi connectivity index (χ4n) is 1.79. The van der Waals surface area contributed by atoms with E-state index in [-0.39, 0.29) is 16.8 Å². The molecular formula is C15H8F3N3. The van der Waals surface area contributed by atoms with Gasteiger partial charge in [0.15, 0.2) is 11.6 Å². The van der Waals surface area contributed by atoms with Crippen molar-refractivity contribution in [2.75, 3.05) is 5.32 Å². The van der Waals surface area contributed by atoms with Crippen LogP contribution in [0.1, 0.15) is 16.7 Å². The van der Waals surface area contributed by atoms with E-state index >= 15 is 0 Å². The first-order chi connectivity index (χ1) is 9.99. The molecule has 2 rings (SSSR count). The van der Waals surface area contributed by atoms with Gasteiger partial charge in [0.25, 0.3) is 0 Å². The van der Waals surface area contributed by atoms with Crippen molar-refractivity contribution in [1.29, 1.82) is 10.5 Å². The molecule has 0 saturated heterocycles. The van der Waals surface area contributed by atoms with E-state index in [1.165, 1.54) is 18.2 Å². The van der Waals surface area contributed by atoms with Crippen LogP contribution >= 0.6 is 0 Å². The van der Waals surface area contributed by atoms with E-state index in [4.69, 9.17) is 10.5 Å². The van der Waals surface area contributed by atoms with Crippen LogP contribution in [-0.2, 0) is 0 Å². The van der Waals surface area contributed by atoms with Gasteiger partial charge in [-0.1, -0.05) is 6.07 Å². The highest BCUT2D eigenvalue weighted by Crippen LogP contribution is 2.28. The number of nitrogens with one attached hydrogen (secondary N) is 1. The molecule has 0 saturated carbocycles. The van der Waals surface area contributed by atoms with Gasteiger partial charge in [0.2, 0.25) is 0 Å². The maximum Gasteiger partial charge on any atom is 0.182 e. The second kappa shape index (κ2) is 5.56. The molecule has 21 heavy (non-hydrogen) atoms. The monoisotopic (exact) mass is 287 g/mol. The Morgan fingerprint density at radius 1 is 1.00 bits per heavy atom.